The zero-order valence-corrected chi connectivity index (χ0v) is 14.4. The molecule has 0 aliphatic carbocycles. The summed E-state index contributed by atoms with van der Waals surface area (Å²) >= 11 is 0. The maximum absolute atomic E-state index is 6.44. The first kappa shape index (κ1) is 18.1. The van der Waals surface area contributed by atoms with Crippen molar-refractivity contribution in [1.29, 1.82) is 0 Å². The van der Waals surface area contributed by atoms with Crippen molar-refractivity contribution in [2.75, 3.05) is 40.3 Å². The van der Waals surface area contributed by atoms with Crippen LogP contribution in [0.5, 0.6) is 0 Å². The second-order valence-electron chi connectivity index (χ2n) is 6.87. The minimum absolute atomic E-state index is 0.111. The van der Waals surface area contributed by atoms with E-state index in [1.54, 1.807) is 0 Å². The van der Waals surface area contributed by atoms with Crippen LogP contribution in [0.4, 0.5) is 0 Å². The van der Waals surface area contributed by atoms with E-state index in [9.17, 15) is 0 Å². The number of rotatable bonds is 9. The van der Waals surface area contributed by atoms with Gasteiger partial charge in [0.05, 0.1) is 0 Å². The molecule has 3 nitrogen and oxygen atoms in total. The first-order valence-electron chi connectivity index (χ1n) is 8.07. The summed E-state index contributed by atoms with van der Waals surface area (Å²) in [6.07, 6.45) is 0. The minimum Gasteiger partial charge on any atom is -0.324 e. The van der Waals surface area contributed by atoms with E-state index in [4.69, 9.17) is 5.73 Å². The van der Waals surface area contributed by atoms with Crippen molar-refractivity contribution in [2.24, 2.45) is 17.6 Å². The maximum Gasteiger partial charge on any atom is 0.0333 e. The second-order valence-corrected chi connectivity index (χ2v) is 6.87. The normalized spacial score (nSPS) is 14.9. The van der Waals surface area contributed by atoms with Crippen molar-refractivity contribution in [3.05, 3.63) is 35.9 Å². The van der Waals surface area contributed by atoms with Gasteiger partial charge in [0.25, 0.3) is 0 Å². The Kier molecular flexibility index (Phi) is 7.94. The molecule has 2 unspecified atom stereocenters. The number of hydrogen-bond acceptors (Lipinski definition) is 3. The number of nitrogens with two attached hydrogens (primary N) is 1. The van der Waals surface area contributed by atoms with E-state index < -0.39 is 0 Å². The largest absolute Gasteiger partial charge is 0.324 e. The fourth-order valence-corrected chi connectivity index (χ4v) is 2.64. The molecule has 0 aliphatic heterocycles. The minimum atomic E-state index is 0.111. The average molecular weight is 291 g/mol. The van der Waals surface area contributed by atoms with Crippen molar-refractivity contribution in [1.82, 2.24) is 9.80 Å². The number of likely N-dealkylation sites (N-methyl/N-ethyl adjacent to an activating group) is 1. The van der Waals surface area contributed by atoms with Crippen LogP contribution in [0.15, 0.2) is 30.3 Å². The highest BCUT2D eigenvalue weighted by atomic mass is 15.2. The van der Waals surface area contributed by atoms with Crippen LogP contribution in [-0.4, -0.2) is 50.1 Å². The highest BCUT2D eigenvalue weighted by molar-refractivity contribution is 5.19. The average Bonchev–Trinajstić information content (AvgIpc) is 2.44. The van der Waals surface area contributed by atoms with Gasteiger partial charge in [0, 0.05) is 32.2 Å². The number of nitrogens with zero attached hydrogens (tertiary/aromatic N) is 2. The predicted molar refractivity (Wildman–Crippen MR) is 92.4 cm³/mol. The molecule has 0 aliphatic rings. The highest BCUT2D eigenvalue weighted by Gasteiger charge is 2.18. The lowest BCUT2D eigenvalue weighted by molar-refractivity contribution is 0.184. The first-order valence-corrected chi connectivity index (χ1v) is 8.07. The Hall–Kier alpha value is -0.900. The molecular formula is C18H33N3. The lowest BCUT2D eigenvalue weighted by Gasteiger charge is -2.31. The Labute approximate surface area is 131 Å². The van der Waals surface area contributed by atoms with Gasteiger partial charge in [-0.15, -0.1) is 0 Å². The first-order chi connectivity index (χ1) is 9.90. The van der Waals surface area contributed by atoms with Crippen LogP contribution in [-0.2, 0) is 0 Å². The van der Waals surface area contributed by atoms with Gasteiger partial charge >= 0.3 is 0 Å². The Morgan fingerprint density at radius 3 is 2.10 bits per heavy atom. The molecule has 0 bridgehead atoms. The zero-order chi connectivity index (χ0) is 15.8. The van der Waals surface area contributed by atoms with Gasteiger partial charge in [-0.2, -0.15) is 0 Å². The summed E-state index contributed by atoms with van der Waals surface area (Å²) in [5.74, 6) is 1.14. The van der Waals surface area contributed by atoms with Gasteiger partial charge in [-0.05, 0) is 31.5 Å². The second kappa shape index (κ2) is 9.19. The molecule has 0 radical (unpaired) electrons. The van der Waals surface area contributed by atoms with E-state index in [2.05, 4.69) is 68.9 Å². The molecule has 3 heteroatoms. The molecule has 0 amide bonds. The fraction of sp³-hybridized carbons (Fsp3) is 0.667. The van der Waals surface area contributed by atoms with Gasteiger partial charge in [0.2, 0.25) is 0 Å². The standard InChI is InChI=1S/C18H33N3/c1-15(2)13-21(12-11-20(4)5)14-16(3)18(19)17-9-7-6-8-10-17/h6-10,15-16,18H,11-14,19H2,1-5H3. The molecule has 0 saturated heterocycles. The van der Waals surface area contributed by atoms with E-state index in [-0.39, 0.29) is 6.04 Å². The fourth-order valence-electron chi connectivity index (χ4n) is 2.64. The van der Waals surface area contributed by atoms with Crippen LogP contribution in [0.2, 0.25) is 0 Å². The molecule has 2 N–H and O–H groups in total. The van der Waals surface area contributed by atoms with Gasteiger partial charge < -0.3 is 15.5 Å². The lowest BCUT2D eigenvalue weighted by atomic mass is 9.94. The number of benzene rings is 1. The smallest absolute Gasteiger partial charge is 0.0333 e. The van der Waals surface area contributed by atoms with Crippen molar-refractivity contribution in [3.63, 3.8) is 0 Å². The molecule has 120 valence electrons. The van der Waals surface area contributed by atoms with Crippen LogP contribution in [0.25, 0.3) is 0 Å². The predicted octanol–water partition coefficient (Wildman–Crippen LogP) is 2.84. The summed E-state index contributed by atoms with van der Waals surface area (Å²) in [5.41, 5.74) is 7.67. The molecule has 0 fully saturated rings. The van der Waals surface area contributed by atoms with E-state index in [0.717, 1.165) is 26.2 Å². The van der Waals surface area contributed by atoms with Crippen molar-refractivity contribution >= 4 is 0 Å². The molecule has 1 aromatic rings. The molecule has 0 heterocycles. The third-order valence-corrected chi connectivity index (χ3v) is 3.83. The van der Waals surface area contributed by atoms with Gasteiger partial charge in [-0.25, -0.2) is 0 Å². The van der Waals surface area contributed by atoms with E-state index >= 15 is 0 Å². The van der Waals surface area contributed by atoms with E-state index in [1.807, 2.05) is 6.07 Å². The monoisotopic (exact) mass is 291 g/mol. The van der Waals surface area contributed by atoms with Gasteiger partial charge in [0.15, 0.2) is 0 Å². The van der Waals surface area contributed by atoms with Crippen LogP contribution in [0.3, 0.4) is 0 Å². The van der Waals surface area contributed by atoms with E-state index in [1.165, 1.54) is 5.56 Å². The van der Waals surface area contributed by atoms with Crippen molar-refractivity contribution < 1.29 is 0 Å². The summed E-state index contributed by atoms with van der Waals surface area (Å²) in [6, 6.07) is 10.6. The quantitative estimate of drug-likeness (QED) is 0.759. The molecule has 21 heavy (non-hydrogen) atoms. The number of hydrogen-bond donors (Lipinski definition) is 1. The maximum atomic E-state index is 6.44. The molecule has 1 aromatic carbocycles. The van der Waals surface area contributed by atoms with Crippen LogP contribution in [0.1, 0.15) is 32.4 Å². The van der Waals surface area contributed by atoms with Crippen molar-refractivity contribution in [3.8, 4) is 0 Å². The highest BCUT2D eigenvalue weighted by Crippen LogP contribution is 2.20. The lowest BCUT2D eigenvalue weighted by Crippen LogP contribution is -2.39. The Morgan fingerprint density at radius 2 is 1.57 bits per heavy atom. The summed E-state index contributed by atoms with van der Waals surface area (Å²) in [5, 5.41) is 0. The molecule has 0 aromatic heterocycles. The van der Waals surface area contributed by atoms with Crippen LogP contribution < -0.4 is 5.73 Å². The summed E-state index contributed by atoms with van der Waals surface area (Å²) < 4.78 is 0. The van der Waals surface area contributed by atoms with Crippen LogP contribution in [0, 0.1) is 11.8 Å². The van der Waals surface area contributed by atoms with Gasteiger partial charge in [-0.1, -0.05) is 51.1 Å². The zero-order valence-electron chi connectivity index (χ0n) is 14.4. The van der Waals surface area contributed by atoms with Gasteiger partial charge in [-0.3, -0.25) is 0 Å². The SMILES string of the molecule is CC(C)CN(CCN(C)C)CC(C)C(N)c1ccccc1. The molecular weight excluding hydrogens is 258 g/mol. The molecule has 0 spiro atoms. The van der Waals surface area contributed by atoms with Gasteiger partial charge in [0.1, 0.15) is 0 Å². The topological polar surface area (TPSA) is 32.5 Å². The molecule has 1 rings (SSSR count). The van der Waals surface area contributed by atoms with Crippen molar-refractivity contribution in [2.45, 2.75) is 26.8 Å². The summed E-state index contributed by atoms with van der Waals surface area (Å²) in [6.45, 7) is 11.2. The third kappa shape index (κ3) is 7.07. The molecule has 2 atom stereocenters. The molecule has 0 saturated carbocycles. The summed E-state index contributed by atoms with van der Waals surface area (Å²) in [4.78, 5) is 4.80. The Morgan fingerprint density at radius 1 is 0.952 bits per heavy atom. The Balaban J connectivity index is 2.59. The summed E-state index contributed by atoms with van der Waals surface area (Å²) in [7, 11) is 4.26. The van der Waals surface area contributed by atoms with Crippen LogP contribution >= 0.6 is 0 Å². The van der Waals surface area contributed by atoms with E-state index in [0.29, 0.717) is 11.8 Å². The third-order valence-electron chi connectivity index (χ3n) is 3.83. The Bertz CT molecular complexity index is 375.